The van der Waals surface area contributed by atoms with Gasteiger partial charge in [-0.2, -0.15) is 0 Å². The van der Waals surface area contributed by atoms with Crippen molar-refractivity contribution in [3.8, 4) is 22.3 Å². The average Bonchev–Trinajstić information content (AvgIpc) is 2.62. The Morgan fingerprint density at radius 3 is 1.15 bits per heavy atom. The zero-order valence-corrected chi connectivity index (χ0v) is 46.1. The number of fused-ring (bicyclic) bond motifs is 15. The molecule has 0 aliphatic heterocycles. The minimum atomic E-state index is 0.824. The summed E-state index contributed by atoms with van der Waals surface area (Å²) in [6.45, 7) is 0. The molecule has 0 spiro atoms. The van der Waals surface area contributed by atoms with Gasteiger partial charge in [0.1, 0.15) is 33.5 Å². The lowest BCUT2D eigenvalue weighted by Crippen LogP contribution is -2.16. The quantitative estimate of drug-likeness (QED) is 0.151. The van der Waals surface area contributed by atoms with Crippen LogP contribution in [0, 0.1) is 0 Å². The van der Waals surface area contributed by atoms with Crippen LogP contribution in [-0.2, 0) is 25.7 Å². The summed E-state index contributed by atoms with van der Waals surface area (Å²) in [6.07, 6.45) is 8.78. The number of anilines is 6. The zero-order valence-electron chi connectivity index (χ0n) is 46.1. The minimum absolute atomic E-state index is 0.824. The number of nitrogens with zero attached hydrogens (tertiary/aromatic N) is 2. The molecule has 400 valence electrons. The van der Waals surface area contributed by atoms with Gasteiger partial charge in [-0.15, -0.1) is 0 Å². The SMILES string of the molecule is c1ccc(-c2ccc3c(c2N(c2ccc4c(c2)oc2cc5cc6c(cc5cc24)oc2cc(N(c4c(-c5ccccc5)ccc5c4CCCC5)c4cccc5c4oc4ccccc45)ccc26)c2cccc4c2oc2ccccc24)CCCC3)cc1. The van der Waals surface area contributed by atoms with Gasteiger partial charge in [0.2, 0.25) is 0 Å². The Morgan fingerprint density at radius 2 is 0.679 bits per heavy atom. The molecule has 4 heterocycles. The Kier molecular flexibility index (Phi) is 10.5. The molecule has 0 fully saturated rings. The monoisotopic (exact) mass is 1080 g/mol. The zero-order chi connectivity index (χ0) is 55.0. The third-order valence-corrected chi connectivity index (χ3v) is 18.4. The molecule has 6 nitrogen and oxygen atoms in total. The molecular weight excluding hydrogens is 1030 g/mol. The van der Waals surface area contributed by atoms with E-state index in [4.69, 9.17) is 17.7 Å². The van der Waals surface area contributed by atoms with Gasteiger partial charge in [-0.3, -0.25) is 0 Å². The fraction of sp³-hybridized carbons (Fsp3) is 0.103. The summed E-state index contributed by atoms with van der Waals surface area (Å²) < 4.78 is 27.8. The van der Waals surface area contributed by atoms with Gasteiger partial charge in [0.25, 0.3) is 0 Å². The van der Waals surface area contributed by atoms with Crippen molar-refractivity contribution in [2.75, 3.05) is 9.80 Å². The predicted octanol–water partition coefficient (Wildman–Crippen LogP) is 22.5. The first-order chi connectivity index (χ1) is 41.6. The van der Waals surface area contributed by atoms with Crippen molar-refractivity contribution in [1.29, 1.82) is 0 Å². The van der Waals surface area contributed by atoms with Crippen LogP contribution in [0.25, 0.3) is 121 Å². The first kappa shape index (κ1) is 47.4. The maximum Gasteiger partial charge on any atom is 0.159 e. The lowest BCUT2D eigenvalue weighted by atomic mass is 9.86. The molecule has 18 rings (SSSR count). The number of para-hydroxylation sites is 4. The maximum atomic E-state index is 7.04. The molecule has 0 unspecified atom stereocenters. The lowest BCUT2D eigenvalue weighted by Gasteiger charge is -2.32. The van der Waals surface area contributed by atoms with Crippen LogP contribution in [0.3, 0.4) is 0 Å². The third kappa shape index (κ3) is 7.29. The first-order valence-corrected chi connectivity index (χ1v) is 29.7. The molecule has 4 aromatic heterocycles. The highest BCUT2D eigenvalue weighted by Crippen LogP contribution is 2.52. The van der Waals surface area contributed by atoms with Crippen molar-refractivity contribution >= 4 is 133 Å². The molecule has 0 saturated heterocycles. The number of rotatable bonds is 8. The molecule has 0 saturated carbocycles. The van der Waals surface area contributed by atoms with E-state index in [1.54, 1.807) is 0 Å². The number of hydrogen-bond acceptors (Lipinski definition) is 6. The van der Waals surface area contributed by atoms with Crippen LogP contribution in [0.1, 0.15) is 47.9 Å². The van der Waals surface area contributed by atoms with E-state index in [0.717, 1.165) is 160 Å². The summed E-state index contributed by atoms with van der Waals surface area (Å²) in [4.78, 5) is 4.92. The van der Waals surface area contributed by atoms with Crippen LogP contribution >= 0.6 is 0 Å². The Bertz CT molecular complexity index is 5020. The lowest BCUT2D eigenvalue weighted by molar-refractivity contribution is 0.667. The molecule has 84 heavy (non-hydrogen) atoms. The second-order valence-electron chi connectivity index (χ2n) is 23.1. The second kappa shape index (κ2) is 18.6. The molecule has 0 amide bonds. The molecular formula is C78H54N2O4. The van der Waals surface area contributed by atoms with Gasteiger partial charge < -0.3 is 27.5 Å². The van der Waals surface area contributed by atoms with E-state index < -0.39 is 0 Å². The fourth-order valence-corrected chi connectivity index (χ4v) is 14.5. The van der Waals surface area contributed by atoms with E-state index >= 15 is 0 Å². The highest BCUT2D eigenvalue weighted by Gasteiger charge is 2.30. The first-order valence-electron chi connectivity index (χ1n) is 29.7. The van der Waals surface area contributed by atoms with Gasteiger partial charge in [0.15, 0.2) is 11.2 Å². The van der Waals surface area contributed by atoms with Crippen LogP contribution in [0.15, 0.2) is 248 Å². The third-order valence-electron chi connectivity index (χ3n) is 18.4. The molecule has 6 heteroatoms. The number of hydrogen-bond donors (Lipinski definition) is 0. The van der Waals surface area contributed by atoms with E-state index in [-0.39, 0.29) is 0 Å². The van der Waals surface area contributed by atoms with Crippen LogP contribution < -0.4 is 9.80 Å². The number of furan rings is 4. The predicted molar refractivity (Wildman–Crippen MR) is 347 cm³/mol. The molecule has 16 aromatic rings. The summed E-state index contributed by atoms with van der Waals surface area (Å²) in [7, 11) is 0. The van der Waals surface area contributed by atoms with Crippen molar-refractivity contribution in [2.45, 2.75) is 51.4 Å². The molecule has 0 N–H and O–H groups in total. The highest BCUT2D eigenvalue weighted by molar-refractivity contribution is 6.17. The maximum absolute atomic E-state index is 7.04. The Morgan fingerprint density at radius 1 is 0.274 bits per heavy atom. The molecule has 0 radical (unpaired) electrons. The second-order valence-corrected chi connectivity index (χ2v) is 23.1. The van der Waals surface area contributed by atoms with Gasteiger partial charge in [-0.1, -0.05) is 146 Å². The summed E-state index contributed by atoms with van der Waals surface area (Å²) in [5, 5.41) is 10.8. The molecule has 0 atom stereocenters. The normalized spacial score (nSPS) is 13.6. The average molecular weight is 1080 g/mol. The van der Waals surface area contributed by atoms with Gasteiger partial charge in [-0.05, 0) is 168 Å². The molecule has 12 aromatic carbocycles. The van der Waals surface area contributed by atoms with Crippen molar-refractivity contribution in [3.63, 3.8) is 0 Å². The van der Waals surface area contributed by atoms with Gasteiger partial charge in [0, 0.05) is 66.3 Å². The standard InChI is InChI=1S/C78H54N2O4/c1-3-17-47(18-4-1)57-37-33-49-21-7-9-23-55(49)75(57)79(67-29-15-27-63-59-25-11-13-31-69(59)83-77(63)67)53-35-39-61-65-41-51-44-72-66(42-52(51)43-71(65)81-73(61)45-53)62-40-36-54(46-74(62)82-72)80(68-30-16-28-64-60-26-12-14-32-70(60)84-78(64)68)76-56-24-10-8-22-50(56)34-38-58(76)48-19-5-2-6-20-48/h1-6,11-20,25-46H,7-10,21-24H2. The van der Waals surface area contributed by atoms with E-state index in [9.17, 15) is 0 Å². The molecule has 2 aliphatic rings. The Balaban J connectivity index is 0.796. The van der Waals surface area contributed by atoms with Gasteiger partial charge in [0.05, 0.1) is 34.1 Å². The number of benzene rings is 12. The molecule has 2 aliphatic carbocycles. The van der Waals surface area contributed by atoms with Crippen LogP contribution in [0.2, 0.25) is 0 Å². The van der Waals surface area contributed by atoms with Crippen molar-refractivity contribution in [2.24, 2.45) is 0 Å². The van der Waals surface area contributed by atoms with Crippen molar-refractivity contribution in [1.82, 2.24) is 0 Å². The Hall–Kier alpha value is -10.3. The largest absolute Gasteiger partial charge is 0.456 e. The topological polar surface area (TPSA) is 59.0 Å². The minimum Gasteiger partial charge on any atom is -0.456 e. The van der Waals surface area contributed by atoms with E-state index in [1.807, 2.05) is 0 Å². The van der Waals surface area contributed by atoms with Gasteiger partial charge in [-0.25, -0.2) is 0 Å². The van der Waals surface area contributed by atoms with Crippen LogP contribution in [0.4, 0.5) is 34.1 Å². The fourth-order valence-electron chi connectivity index (χ4n) is 14.5. The Labute approximate surface area is 484 Å². The molecule has 0 bridgehead atoms. The van der Waals surface area contributed by atoms with E-state index in [0.29, 0.717) is 0 Å². The summed E-state index contributed by atoms with van der Waals surface area (Å²) in [6, 6.07) is 83.5. The summed E-state index contributed by atoms with van der Waals surface area (Å²) in [5.74, 6) is 0. The smallest absolute Gasteiger partial charge is 0.159 e. The van der Waals surface area contributed by atoms with Crippen LogP contribution in [0.5, 0.6) is 0 Å². The van der Waals surface area contributed by atoms with Crippen LogP contribution in [-0.4, -0.2) is 0 Å². The van der Waals surface area contributed by atoms with Crippen molar-refractivity contribution < 1.29 is 17.7 Å². The summed E-state index contributed by atoms with van der Waals surface area (Å²) in [5.41, 5.74) is 23.6. The van der Waals surface area contributed by atoms with Crippen molar-refractivity contribution in [3.05, 3.63) is 253 Å². The van der Waals surface area contributed by atoms with E-state index in [2.05, 4.69) is 240 Å². The highest BCUT2D eigenvalue weighted by atomic mass is 16.3. The van der Waals surface area contributed by atoms with Gasteiger partial charge >= 0.3 is 0 Å². The van der Waals surface area contributed by atoms with E-state index in [1.165, 1.54) is 68.7 Å². The number of aryl methyl sites for hydroxylation is 2. The summed E-state index contributed by atoms with van der Waals surface area (Å²) >= 11 is 0.